The average Bonchev–Trinajstić information content (AvgIpc) is 3.37. The first-order chi connectivity index (χ1) is 24.6. The summed E-state index contributed by atoms with van der Waals surface area (Å²) in [7, 11) is 0. The third kappa shape index (κ3) is 9.88. The molecule has 0 aliphatic carbocycles. The minimum atomic E-state index is -5.06. The lowest BCUT2D eigenvalue weighted by Crippen LogP contribution is -2.48. The number of aliphatic carboxylic acids is 1. The number of alkyl halides is 6. The summed E-state index contributed by atoms with van der Waals surface area (Å²) >= 11 is 6.18. The van der Waals surface area contributed by atoms with Crippen LogP contribution in [0.5, 0.6) is 5.75 Å². The fraction of sp³-hybridized carbons (Fsp3) is 0.294. The van der Waals surface area contributed by atoms with Crippen LogP contribution in [-0.4, -0.2) is 89.7 Å². The zero-order chi connectivity index (χ0) is 37.6. The highest BCUT2D eigenvalue weighted by Crippen LogP contribution is 2.40. The molecule has 2 aliphatic rings. The molecule has 2 heterocycles. The van der Waals surface area contributed by atoms with Gasteiger partial charge in [-0.25, -0.2) is 10.4 Å². The van der Waals surface area contributed by atoms with Gasteiger partial charge in [-0.2, -0.15) is 26.3 Å². The third-order valence-electron chi connectivity index (χ3n) is 7.83. The molecule has 3 aromatic carbocycles. The second kappa shape index (κ2) is 16.5. The molecule has 2 saturated heterocycles. The van der Waals surface area contributed by atoms with E-state index in [2.05, 4.69) is 10.3 Å². The van der Waals surface area contributed by atoms with Crippen molar-refractivity contribution in [3.63, 3.8) is 0 Å². The van der Waals surface area contributed by atoms with Crippen molar-refractivity contribution in [1.82, 2.24) is 15.3 Å². The van der Waals surface area contributed by atoms with E-state index in [0.29, 0.717) is 50.7 Å². The smallest absolute Gasteiger partial charge is 0.416 e. The van der Waals surface area contributed by atoms with Gasteiger partial charge in [-0.3, -0.25) is 19.3 Å². The number of hydrogen-bond acceptors (Lipinski definition) is 9. The second-order valence-electron chi connectivity index (χ2n) is 11.4. The molecular formula is C34H30F6N4O6S2. The standard InChI is InChI=1S/C34H30F6N4O6S2/c35-33(36,37)24-15-22(16-25(18-24)34(38,39)40)21-6-7-27(50-13-10-42-8-11-49-12-9-42)23(14-21)17-28-31(48)44(32(51)52-28)41-19-29(45)43(20-30(46)47)26-4-2-1-3-5-26/h1-7,14-18,41H,8-13,19-20H2,(H,46,47). The second-order valence-corrected chi connectivity index (χ2v) is 13.1. The Balaban J connectivity index is 1.43. The molecule has 10 nitrogen and oxygen atoms in total. The van der Waals surface area contributed by atoms with Crippen LogP contribution in [0.4, 0.5) is 32.0 Å². The van der Waals surface area contributed by atoms with Crippen LogP contribution in [-0.2, 0) is 31.5 Å². The van der Waals surface area contributed by atoms with Crippen molar-refractivity contribution in [2.75, 3.05) is 57.4 Å². The number of carbonyl (C=O) groups is 3. The SMILES string of the molecule is O=C(O)CN(C(=O)CNN1C(=O)C(=Cc2cc(-c3cc(C(F)(F)F)cc(C(F)(F)F)c3)ccc2OCCN2CCOCC2)SC1=S)c1ccccc1. The highest BCUT2D eigenvalue weighted by Gasteiger charge is 2.37. The third-order valence-corrected chi connectivity index (χ3v) is 9.13. The van der Waals surface area contributed by atoms with Gasteiger partial charge in [0.1, 0.15) is 18.9 Å². The van der Waals surface area contributed by atoms with Crippen molar-refractivity contribution in [2.24, 2.45) is 0 Å². The van der Waals surface area contributed by atoms with Crippen molar-refractivity contribution >= 4 is 57.8 Å². The van der Waals surface area contributed by atoms with Crippen molar-refractivity contribution in [3.8, 4) is 16.9 Å². The number of carboxylic acids is 1. The van der Waals surface area contributed by atoms with Crippen LogP contribution in [0.15, 0.2) is 71.6 Å². The summed E-state index contributed by atoms with van der Waals surface area (Å²) in [6.07, 6.45) is -8.78. The molecule has 52 heavy (non-hydrogen) atoms. The molecule has 3 aromatic rings. The molecule has 2 N–H and O–H groups in total. The van der Waals surface area contributed by atoms with E-state index in [9.17, 15) is 45.8 Å². The molecular weight excluding hydrogens is 739 g/mol. The number of nitrogens with zero attached hydrogens (tertiary/aromatic N) is 3. The molecule has 2 fully saturated rings. The molecule has 5 rings (SSSR count). The molecule has 18 heteroatoms. The summed E-state index contributed by atoms with van der Waals surface area (Å²) in [5.74, 6) is -2.47. The minimum absolute atomic E-state index is 0.00519. The van der Waals surface area contributed by atoms with Crippen LogP contribution in [0.25, 0.3) is 17.2 Å². The number of carbonyl (C=O) groups excluding carboxylic acids is 2. The summed E-state index contributed by atoms with van der Waals surface area (Å²) in [6, 6.07) is 13.3. The maximum atomic E-state index is 13.7. The number of halogens is 6. The Morgan fingerprint density at radius 3 is 2.23 bits per heavy atom. The fourth-order valence-corrected chi connectivity index (χ4v) is 6.47. The predicted molar refractivity (Wildman–Crippen MR) is 184 cm³/mol. The number of hydrogen-bond donors (Lipinski definition) is 2. The number of para-hydroxylation sites is 1. The minimum Gasteiger partial charge on any atom is -0.492 e. The molecule has 0 unspecified atom stereocenters. The van der Waals surface area contributed by atoms with Crippen LogP contribution in [0, 0.1) is 0 Å². The number of thiocarbonyl (C=S) groups is 1. The van der Waals surface area contributed by atoms with Crippen LogP contribution < -0.4 is 15.1 Å². The monoisotopic (exact) mass is 768 g/mol. The molecule has 0 bridgehead atoms. The molecule has 2 aliphatic heterocycles. The van der Waals surface area contributed by atoms with E-state index in [4.69, 9.17) is 21.7 Å². The van der Waals surface area contributed by atoms with E-state index in [1.54, 1.807) is 30.3 Å². The Bertz CT molecular complexity index is 1820. The Labute approximate surface area is 302 Å². The van der Waals surface area contributed by atoms with Crippen LogP contribution in [0.1, 0.15) is 16.7 Å². The van der Waals surface area contributed by atoms with Gasteiger partial charge in [-0.1, -0.05) is 48.2 Å². The van der Waals surface area contributed by atoms with Gasteiger partial charge in [0.25, 0.3) is 5.91 Å². The quantitative estimate of drug-likeness (QED) is 0.131. The first-order valence-corrected chi connectivity index (χ1v) is 16.8. The van der Waals surface area contributed by atoms with Gasteiger partial charge in [-0.05, 0) is 59.7 Å². The topological polar surface area (TPSA) is 112 Å². The number of nitrogens with one attached hydrogen (secondary N) is 1. The Morgan fingerprint density at radius 1 is 0.962 bits per heavy atom. The van der Waals surface area contributed by atoms with Gasteiger partial charge in [0.05, 0.1) is 35.8 Å². The van der Waals surface area contributed by atoms with Crippen LogP contribution in [0.2, 0.25) is 0 Å². The summed E-state index contributed by atoms with van der Waals surface area (Å²) in [4.78, 5) is 41.1. The van der Waals surface area contributed by atoms with Crippen molar-refractivity contribution in [3.05, 3.63) is 88.3 Å². The van der Waals surface area contributed by atoms with E-state index < -0.39 is 54.4 Å². The van der Waals surface area contributed by atoms with Gasteiger partial charge in [-0.15, -0.1) is 0 Å². The molecule has 0 atom stereocenters. The molecule has 0 aromatic heterocycles. The fourth-order valence-electron chi connectivity index (χ4n) is 5.26. The Morgan fingerprint density at radius 2 is 1.62 bits per heavy atom. The number of anilines is 1. The lowest BCUT2D eigenvalue weighted by molar-refractivity contribution is -0.143. The Kier molecular flexibility index (Phi) is 12.3. The first kappa shape index (κ1) is 38.7. The van der Waals surface area contributed by atoms with Gasteiger partial charge in [0.2, 0.25) is 5.91 Å². The molecule has 0 spiro atoms. The highest BCUT2D eigenvalue weighted by atomic mass is 32.2. The lowest BCUT2D eigenvalue weighted by atomic mass is 9.97. The zero-order valence-electron chi connectivity index (χ0n) is 27.0. The molecule has 276 valence electrons. The maximum Gasteiger partial charge on any atom is 0.416 e. The van der Waals surface area contributed by atoms with Crippen LogP contribution >= 0.6 is 24.0 Å². The zero-order valence-corrected chi connectivity index (χ0v) is 28.6. The van der Waals surface area contributed by atoms with Crippen molar-refractivity contribution in [2.45, 2.75) is 12.4 Å². The molecule has 0 radical (unpaired) electrons. The van der Waals surface area contributed by atoms with E-state index in [1.807, 2.05) is 0 Å². The number of amides is 2. The van der Waals surface area contributed by atoms with Crippen LogP contribution in [0.3, 0.4) is 0 Å². The maximum absolute atomic E-state index is 13.7. The van der Waals surface area contributed by atoms with Gasteiger partial charge >= 0.3 is 18.3 Å². The lowest BCUT2D eigenvalue weighted by Gasteiger charge is -2.26. The van der Waals surface area contributed by atoms with E-state index in [-0.39, 0.29) is 44.3 Å². The summed E-state index contributed by atoms with van der Waals surface area (Å²) < 4.78 is 93.2. The van der Waals surface area contributed by atoms with Crippen molar-refractivity contribution in [1.29, 1.82) is 0 Å². The summed E-state index contributed by atoms with van der Waals surface area (Å²) in [5.41, 5.74) is -0.254. The number of hydrazine groups is 1. The normalized spacial score (nSPS) is 16.4. The van der Waals surface area contributed by atoms with E-state index in [0.717, 1.165) is 21.7 Å². The van der Waals surface area contributed by atoms with E-state index >= 15 is 0 Å². The predicted octanol–water partition coefficient (Wildman–Crippen LogP) is 5.93. The van der Waals surface area contributed by atoms with Gasteiger partial charge in [0.15, 0.2) is 4.32 Å². The number of morpholine rings is 1. The number of rotatable bonds is 12. The number of ether oxygens (including phenoxy) is 2. The highest BCUT2D eigenvalue weighted by molar-refractivity contribution is 8.26. The molecule has 2 amide bonds. The molecule has 0 saturated carbocycles. The number of benzene rings is 3. The summed E-state index contributed by atoms with van der Waals surface area (Å²) in [6.45, 7) is 1.92. The number of thioether (sulfide) groups is 1. The average molecular weight is 769 g/mol. The van der Waals surface area contributed by atoms with E-state index in [1.165, 1.54) is 24.3 Å². The first-order valence-electron chi connectivity index (χ1n) is 15.6. The Hall–Kier alpha value is -4.49. The number of carboxylic acid groups (broad SMARTS) is 1. The largest absolute Gasteiger partial charge is 0.492 e. The van der Waals surface area contributed by atoms with Gasteiger partial charge in [0, 0.05) is 30.9 Å². The van der Waals surface area contributed by atoms with Gasteiger partial charge < -0.3 is 19.5 Å². The summed E-state index contributed by atoms with van der Waals surface area (Å²) in [5, 5.41) is 10.3. The van der Waals surface area contributed by atoms with Crippen molar-refractivity contribution < 1.29 is 55.3 Å².